The van der Waals surface area contributed by atoms with Crippen LogP contribution in [0, 0.1) is 0 Å². The highest BCUT2D eigenvalue weighted by molar-refractivity contribution is 8.22. The van der Waals surface area contributed by atoms with Gasteiger partial charge < -0.3 is 4.74 Å². The summed E-state index contributed by atoms with van der Waals surface area (Å²) in [5, 5.41) is 6.85. The maximum atomic E-state index is 8.70. The fourth-order valence-corrected chi connectivity index (χ4v) is 2.25. The number of H-pyrrole nitrogens is 1. The summed E-state index contributed by atoms with van der Waals surface area (Å²) >= 11 is 6.55. The molecule has 1 heterocycles. The molecule has 0 bridgehead atoms. The Morgan fingerprint density at radius 3 is 2.67 bits per heavy atom. The van der Waals surface area contributed by atoms with Crippen LogP contribution in [0.2, 0.25) is 0 Å². The molecule has 10 heteroatoms. The van der Waals surface area contributed by atoms with Crippen molar-refractivity contribution < 1.29 is 19.1 Å². The summed E-state index contributed by atoms with van der Waals surface area (Å²) in [6, 6.07) is 0. The van der Waals surface area contributed by atoms with Crippen LogP contribution in [0.25, 0.3) is 0 Å². The van der Waals surface area contributed by atoms with Crippen LogP contribution in [0.4, 0.5) is 0 Å². The molecule has 1 unspecified atom stereocenters. The third-order valence-corrected chi connectivity index (χ3v) is 3.17. The molecule has 0 aliphatic heterocycles. The van der Waals surface area contributed by atoms with E-state index in [0.717, 1.165) is 12.2 Å². The minimum absolute atomic E-state index is 0.205. The molecule has 0 aliphatic rings. The van der Waals surface area contributed by atoms with Crippen molar-refractivity contribution in [3.8, 4) is 0 Å². The molecule has 0 amide bonds. The second-order valence-corrected chi connectivity index (χ2v) is 5.13. The minimum Gasteiger partial charge on any atom is -0.479 e. The molecule has 1 rings (SSSR count). The van der Waals surface area contributed by atoms with Gasteiger partial charge in [-0.15, -0.1) is 9.79 Å². The van der Waals surface area contributed by atoms with Crippen LogP contribution >= 0.6 is 32.2 Å². The molecular formula is C8H15N3O4PS2+. The summed E-state index contributed by atoms with van der Waals surface area (Å²) in [4.78, 5) is 18.3. The molecule has 0 aromatic carbocycles. The number of ether oxygens (including phenoxy) is 1. The summed E-state index contributed by atoms with van der Waals surface area (Å²) in [6.45, 7) is 4.61. The van der Waals surface area contributed by atoms with Crippen molar-refractivity contribution >= 4 is 36.6 Å². The molecule has 0 radical (unpaired) electrons. The molecule has 7 nitrogen and oxygen atoms in total. The summed E-state index contributed by atoms with van der Waals surface area (Å²) in [5.41, 5.74) is 0. The van der Waals surface area contributed by atoms with E-state index < -0.39 is 8.25 Å². The predicted octanol–water partition coefficient (Wildman–Crippen LogP) is 1.94. The van der Waals surface area contributed by atoms with Gasteiger partial charge in [-0.05, 0) is 25.6 Å². The Hall–Kier alpha value is -0.600. The normalized spacial score (nSPS) is 11.1. The first-order valence-electron chi connectivity index (χ1n) is 5.04. The first-order chi connectivity index (χ1) is 8.51. The number of thiocarbonyl (C=S) groups is 1. The van der Waals surface area contributed by atoms with E-state index in [0.29, 0.717) is 11.0 Å². The molecule has 102 valence electrons. The number of hydrogen-bond donors (Lipinski definition) is 3. The van der Waals surface area contributed by atoms with E-state index in [-0.39, 0.29) is 5.25 Å². The second kappa shape index (κ2) is 10.3. The average Bonchev–Trinajstić information content (AvgIpc) is 2.78. The number of nitrogens with one attached hydrogen (secondary N) is 1. The van der Waals surface area contributed by atoms with E-state index >= 15 is 0 Å². The molecule has 0 aliphatic carbocycles. The number of aromatic amines is 1. The van der Waals surface area contributed by atoms with Crippen LogP contribution in [0.1, 0.15) is 31.3 Å². The highest BCUT2D eigenvalue weighted by Gasteiger charge is 2.15. The summed E-state index contributed by atoms with van der Waals surface area (Å²) < 4.78 is 14.5. The van der Waals surface area contributed by atoms with E-state index in [4.69, 9.17) is 31.3 Å². The van der Waals surface area contributed by atoms with Crippen LogP contribution in [0.3, 0.4) is 0 Å². The Kier molecular flexibility index (Phi) is 9.99. The van der Waals surface area contributed by atoms with Crippen molar-refractivity contribution in [3.05, 3.63) is 12.2 Å². The maximum Gasteiger partial charge on any atom is 0.692 e. The number of thioether (sulfide) groups is 1. The molecule has 1 aromatic heterocycles. The average molecular weight is 312 g/mol. The lowest BCUT2D eigenvalue weighted by molar-refractivity contribution is 0.346. The van der Waals surface area contributed by atoms with Gasteiger partial charge in [0.1, 0.15) is 12.2 Å². The van der Waals surface area contributed by atoms with Crippen molar-refractivity contribution in [2.24, 2.45) is 0 Å². The lowest BCUT2D eigenvalue weighted by Crippen LogP contribution is -2.02. The smallest absolute Gasteiger partial charge is 0.479 e. The Balaban J connectivity index is 0.000000631. The van der Waals surface area contributed by atoms with E-state index in [1.807, 2.05) is 6.92 Å². The lowest BCUT2D eigenvalue weighted by Gasteiger charge is -2.11. The van der Waals surface area contributed by atoms with E-state index in [2.05, 4.69) is 22.1 Å². The van der Waals surface area contributed by atoms with Gasteiger partial charge in [0.2, 0.25) is 4.38 Å². The van der Waals surface area contributed by atoms with Crippen LogP contribution < -0.4 is 0 Å². The number of rotatable bonds is 4. The van der Waals surface area contributed by atoms with Crippen molar-refractivity contribution in [1.82, 2.24) is 15.2 Å². The summed E-state index contributed by atoms with van der Waals surface area (Å²) in [6.07, 6.45) is 2.44. The fraction of sp³-hybridized carbons (Fsp3) is 0.625. The topological polar surface area (TPSA) is 108 Å². The molecule has 0 fully saturated rings. The fourth-order valence-electron chi connectivity index (χ4n) is 0.971. The van der Waals surface area contributed by atoms with Crippen LogP contribution in [-0.4, -0.2) is 36.0 Å². The Labute approximate surface area is 115 Å². The van der Waals surface area contributed by atoms with Gasteiger partial charge in [-0.2, -0.15) is 5.10 Å². The molecule has 1 atom stereocenters. The zero-order chi connectivity index (χ0) is 14.0. The van der Waals surface area contributed by atoms with Crippen molar-refractivity contribution in [3.63, 3.8) is 0 Å². The molecule has 18 heavy (non-hydrogen) atoms. The zero-order valence-corrected chi connectivity index (χ0v) is 12.5. The van der Waals surface area contributed by atoms with Gasteiger partial charge in [-0.1, -0.05) is 18.7 Å². The molecule has 3 N–H and O–H groups in total. The van der Waals surface area contributed by atoms with Crippen LogP contribution in [0.15, 0.2) is 6.33 Å². The molecule has 0 saturated carbocycles. The van der Waals surface area contributed by atoms with E-state index in [9.17, 15) is 0 Å². The molecule has 1 aromatic rings. The van der Waals surface area contributed by atoms with Gasteiger partial charge >= 0.3 is 8.25 Å². The predicted molar refractivity (Wildman–Crippen MR) is 73.3 cm³/mol. The van der Waals surface area contributed by atoms with Gasteiger partial charge in [-0.25, -0.2) is 4.98 Å². The highest BCUT2D eigenvalue weighted by atomic mass is 32.2. The molecule has 0 saturated heterocycles. The third-order valence-electron chi connectivity index (χ3n) is 1.61. The molecular weight excluding hydrogens is 297 g/mol. The van der Waals surface area contributed by atoms with E-state index in [1.165, 1.54) is 18.1 Å². The maximum absolute atomic E-state index is 8.70. The zero-order valence-electron chi connectivity index (χ0n) is 9.94. The van der Waals surface area contributed by atoms with Gasteiger partial charge in [0.15, 0.2) is 0 Å². The Morgan fingerprint density at radius 2 is 2.28 bits per heavy atom. The third kappa shape index (κ3) is 8.48. The molecule has 0 spiro atoms. The lowest BCUT2D eigenvalue weighted by atomic mass is 10.3. The number of aromatic nitrogens is 3. The first-order valence-corrected chi connectivity index (χ1v) is 7.50. The van der Waals surface area contributed by atoms with Gasteiger partial charge in [-0.3, -0.25) is 5.10 Å². The standard InChI is InChI=1S/C8H13N3OS2.HO3P/c1-3-6(7-9-5-10-11-7)14-8(13)12-4-2;1-4(2)3/h5-6H,3-4H2,1-2H3,(H,9,10,11);(H-,1,2,3)/p+1. The first kappa shape index (κ1) is 17.4. The van der Waals surface area contributed by atoms with Crippen molar-refractivity contribution in [2.45, 2.75) is 25.5 Å². The monoisotopic (exact) mass is 312 g/mol. The number of nitrogens with zero attached hydrogens (tertiary/aromatic N) is 2. The van der Waals surface area contributed by atoms with Crippen molar-refractivity contribution in [1.29, 1.82) is 0 Å². The summed E-state index contributed by atoms with van der Waals surface area (Å²) in [5.74, 6) is 0.847. The highest BCUT2D eigenvalue weighted by Crippen LogP contribution is 2.30. The van der Waals surface area contributed by atoms with Crippen LogP contribution in [-0.2, 0) is 9.30 Å². The van der Waals surface area contributed by atoms with Gasteiger partial charge in [0.25, 0.3) is 0 Å². The van der Waals surface area contributed by atoms with Crippen molar-refractivity contribution in [2.75, 3.05) is 6.61 Å². The summed E-state index contributed by atoms with van der Waals surface area (Å²) in [7, 11) is -2.87. The Morgan fingerprint density at radius 1 is 1.67 bits per heavy atom. The Bertz CT molecular complexity index is 359. The van der Waals surface area contributed by atoms with Gasteiger partial charge in [0, 0.05) is 4.57 Å². The minimum atomic E-state index is -2.87. The largest absolute Gasteiger partial charge is 0.692 e. The quantitative estimate of drug-likeness (QED) is 0.572. The number of hydrogen-bond acceptors (Lipinski definition) is 6. The van der Waals surface area contributed by atoms with Gasteiger partial charge in [0.05, 0.1) is 11.9 Å². The van der Waals surface area contributed by atoms with E-state index in [1.54, 1.807) is 0 Å². The second-order valence-electron chi connectivity index (χ2n) is 2.82. The van der Waals surface area contributed by atoms with Crippen LogP contribution in [0.5, 0.6) is 0 Å². The SMILES string of the molecule is CCOC(=S)SC(CC)c1ncn[nH]1.O=[P+](O)O.